The first kappa shape index (κ1) is 25.7. The summed E-state index contributed by atoms with van der Waals surface area (Å²) in [7, 11) is 0. The molecule has 5 rings (SSSR count). The molecule has 38 heavy (non-hydrogen) atoms. The summed E-state index contributed by atoms with van der Waals surface area (Å²) >= 11 is 13.0. The average molecular weight is 547 g/mol. The summed E-state index contributed by atoms with van der Waals surface area (Å²) in [4.78, 5) is 29.9. The SMILES string of the molecule is CC(=O)Nc1c(C(=O)C(C)C)oc2nc(-c3ccc(-c4c[nH]nc4C)cc3Cl)c(-c3ccc(Cl)cc3)cc12. The molecule has 5 aromatic rings. The van der Waals surface area contributed by atoms with Crippen molar-refractivity contribution in [3.8, 4) is 33.5 Å². The maximum absolute atomic E-state index is 13.0. The van der Waals surface area contributed by atoms with Gasteiger partial charge >= 0.3 is 0 Å². The summed E-state index contributed by atoms with van der Waals surface area (Å²) in [6.45, 7) is 6.84. The first-order valence-corrected chi connectivity index (χ1v) is 12.8. The number of pyridine rings is 1. The van der Waals surface area contributed by atoms with Gasteiger partial charge in [-0.1, -0.05) is 61.3 Å². The van der Waals surface area contributed by atoms with E-state index < -0.39 is 0 Å². The Hall–Kier alpha value is -3.94. The van der Waals surface area contributed by atoms with E-state index in [-0.39, 0.29) is 29.1 Å². The van der Waals surface area contributed by atoms with E-state index >= 15 is 0 Å². The number of halogens is 2. The number of hydrogen-bond acceptors (Lipinski definition) is 5. The molecule has 3 aromatic heterocycles. The minimum Gasteiger partial charge on any atom is -0.432 e. The van der Waals surface area contributed by atoms with Gasteiger partial charge in [0.2, 0.25) is 17.4 Å². The summed E-state index contributed by atoms with van der Waals surface area (Å²) in [5, 5.41) is 11.4. The highest BCUT2D eigenvalue weighted by Gasteiger charge is 2.26. The Labute approximate surface area is 229 Å². The number of carbonyl (C=O) groups excluding carboxylic acids is 2. The standard InChI is InChI=1S/C29H24Cl2N4O3/c1-14(2)27(37)28-26(33-16(4)36)22-12-21(17-5-8-19(30)9-6-17)25(34-29(22)38-28)20-10-7-18(11-24(20)31)23-13-32-35-15(23)3/h5-14H,1-4H3,(H,32,35)(H,33,36). The van der Waals surface area contributed by atoms with Crippen molar-refractivity contribution >= 4 is 51.7 Å². The molecule has 0 fully saturated rings. The van der Waals surface area contributed by atoms with Gasteiger partial charge in [0.1, 0.15) is 5.69 Å². The van der Waals surface area contributed by atoms with Gasteiger partial charge in [-0.3, -0.25) is 14.7 Å². The van der Waals surface area contributed by atoms with Gasteiger partial charge in [0.15, 0.2) is 5.76 Å². The summed E-state index contributed by atoms with van der Waals surface area (Å²) in [6, 6.07) is 14.9. The lowest BCUT2D eigenvalue weighted by Crippen LogP contribution is -2.12. The summed E-state index contributed by atoms with van der Waals surface area (Å²) in [5.41, 5.74) is 6.05. The van der Waals surface area contributed by atoms with Crippen LogP contribution in [-0.2, 0) is 4.79 Å². The zero-order valence-corrected chi connectivity index (χ0v) is 22.7. The number of anilines is 1. The fourth-order valence-corrected chi connectivity index (χ4v) is 4.74. The molecular formula is C29H24Cl2N4O3. The highest BCUT2D eigenvalue weighted by Crippen LogP contribution is 2.42. The van der Waals surface area contributed by atoms with Crippen molar-refractivity contribution in [2.45, 2.75) is 27.7 Å². The molecule has 7 nitrogen and oxygen atoms in total. The van der Waals surface area contributed by atoms with E-state index in [1.807, 2.05) is 49.5 Å². The van der Waals surface area contributed by atoms with Crippen LogP contribution in [0.15, 0.2) is 59.1 Å². The monoisotopic (exact) mass is 546 g/mol. The minimum absolute atomic E-state index is 0.0637. The normalized spacial score (nSPS) is 11.3. The number of nitrogens with one attached hydrogen (secondary N) is 2. The van der Waals surface area contributed by atoms with E-state index in [0.29, 0.717) is 32.4 Å². The quantitative estimate of drug-likeness (QED) is 0.210. The van der Waals surface area contributed by atoms with Gasteiger partial charge in [0.05, 0.1) is 21.8 Å². The van der Waals surface area contributed by atoms with E-state index in [4.69, 9.17) is 32.6 Å². The number of nitrogens with zero attached hydrogens (tertiary/aromatic N) is 2. The van der Waals surface area contributed by atoms with Crippen LogP contribution in [0, 0.1) is 12.8 Å². The molecule has 0 saturated carbocycles. The first-order chi connectivity index (χ1) is 18.1. The Kier molecular flexibility index (Phi) is 6.82. The number of benzene rings is 2. The zero-order chi connectivity index (χ0) is 27.1. The largest absolute Gasteiger partial charge is 0.432 e. The lowest BCUT2D eigenvalue weighted by molar-refractivity contribution is -0.114. The molecule has 0 unspecified atom stereocenters. The third-order valence-corrected chi connectivity index (χ3v) is 6.82. The Morgan fingerprint density at radius 1 is 0.974 bits per heavy atom. The third kappa shape index (κ3) is 4.71. The fourth-order valence-electron chi connectivity index (χ4n) is 4.34. The average Bonchev–Trinajstić information content (AvgIpc) is 3.46. The van der Waals surface area contributed by atoms with E-state index in [9.17, 15) is 9.59 Å². The van der Waals surface area contributed by atoms with E-state index in [2.05, 4.69) is 15.5 Å². The number of H-pyrrole nitrogens is 1. The number of aromatic nitrogens is 3. The second-order valence-corrected chi connectivity index (χ2v) is 10.2. The molecule has 0 spiro atoms. The number of rotatable bonds is 6. The molecule has 0 saturated heterocycles. The number of ketones is 1. The van der Waals surface area contributed by atoms with Gasteiger partial charge in [-0.05, 0) is 42.3 Å². The number of furan rings is 1. The number of fused-ring (bicyclic) bond motifs is 1. The molecule has 192 valence electrons. The summed E-state index contributed by atoms with van der Waals surface area (Å²) < 4.78 is 5.98. The fraction of sp³-hybridized carbons (Fsp3) is 0.172. The Morgan fingerprint density at radius 2 is 1.68 bits per heavy atom. The molecule has 2 aromatic carbocycles. The molecule has 9 heteroatoms. The topological polar surface area (TPSA) is 101 Å². The molecule has 0 aliphatic rings. The Morgan fingerprint density at radius 3 is 2.29 bits per heavy atom. The van der Waals surface area contributed by atoms with Gasteiger partial charge in [-0.15, -0.1) is 0 Å². The molecule has 2 N–H and O–H groups in total. The van der Waals surface area contributed by atoms with Crippen molar-refractivity contribution in [2.75, 3.05) is 5.32 Å². The van der Waals surface area contributed by atoms with E-state index in [1.165, 1.54) is 6.92 Å². The molecule has 0 atom stereocenters. The van der Waals surface area contributed by atoms with Gasteiger partial charge in [0.25, 0.3) is 0 Å². The zero-order valence-electron chi connectivity index (χ0n) is 21.1. The molecule has 0 bridgehead atoms. The maximum Gasteiger partial charge on any atom is 0.229 e. The number of amides is 1. The van der Waals surface area contributed by atoms with Crippen LogP contribution < -0.4 is 5.32 Å². The van der Waals surface area contributed by atoms with Crippen LogP contribution in [0.25, 0.3) is 44.6 Å². The van der Waals surface area contributed by atoms with Gasteiger partial charge in [-0.2, -0.15) is 5.10 Å². The second-order valence-electron chi connectivity index (χ2n) is 9.33. The molecule has 3 heterocycles. The van der Waals surface area contributed by atoms with Crippen molar-refractivity contribution in [2.24, 2.45) is 5.92 Å². The highest BCUT2D eigenvalue weighted by atomic mass is 35.5. The molecule has 0 radical (unpaired) electrons. The van der Waals surface area contributed by atoms with Gasteiger partial charge in [-0.25, -0.2) is 4.98 Å². The lowest BCUT2D eigenvalue weighted by Gasteiger charge is -2.13. The summed E-state index contributed by atoms with van der Waals surface area (Å²) in [6.07, 6.45) is 1.82. The second kappa shape index (κ2) is 10.1. The third-order valence-electron chi connectivity index (χ3n) is 6.25. The molecule has 1 amide bonds. The molecule has 0 aliphatic heterocycles. The van der Waals surface area contributed by atoms with Crippen LogP contribution >= 0.6 is 23.2 Å². The number of hydrogen-bond donors (Lipinski definition) is 2. The van der Waals surface area contributed by atoms with Crippen LogP contribution in [0.3, 0.4) is 0 Å². The van der Waals surface area contributed by atoms with Gasteiger partial charge < -0.3 is 9.73 Å². The number of aromatic amines is 1. The smallest absolute Gasteiger partial charge is 0.229 e. The van der Waals surface area contributed by atoms with Crippen LogP contribution in [0.2, 0.25) is 10.0 Å². The lowest BCUT2D eigenvalue weighted by atomic mass is 9.96. The highest BCUT2D eigenvalue weighted by molar-refractivity contribution is 6.34. The van der Waals surface area contributed by atoms with Crippen LogP contribution in [-0.4, -0.2) is 26.9 Å². The van der Waals surface area contributed by atoms with Crippen molar-refractivity contribution in [1.82, 2.24) is 15.2 Å². The van der Waals surface area contributed by atoms with Crippen molar-refractivity contribution in [3.05, 3.63) is 76.2 Å². The molecule has 0 aliphatic carbocycles. The van der Waals surface area contributed by atoms with Crippen molar-refractivity contribution in [3.63, 3.8) is 0 Å². The predicted octanol–water partition coefficient (Wildman–Crippen LogP) is 7.96. The van der Waals surface area contributed by atoms with Crippen LogP contribution in [0.5, 0.6) is 0 Å². The van der Waals surface area contributed by atoms with Crippen LogP contribution in [0.1, 0.15) is 37.0 Å². The minimum atomic E-state index is -0.341. The number of carbonyl (C=O) groups is 2. The summed E-state index contributed by atoms with van der Waals surface area (Å²) in [5.74, 6) is -0.838. The van der Waals surface area contributed by atoms with Crippen molar-refractivity contribution < 1.29 is 14.0 Å². The van der Waals surface area contributed by atoms with Crippen molar-refractivity contribution in [1.29, 1.82) is 0 Å². The molecular weight excluding hydrogens is 523 g/mol. The predicted molar refractivity (Wildman–Crippen MR) is 151 cm³/mol. The number of Topliss-reactive ketones (excluding diaryl/α,β-unsaturated/α-hetero) is 1. The maximum atomic E-state index is 13.0. The Bertz CT molecular complexity index is 1700. The first-order valence-electron chi connectivity index (χ1n) is 12.0. The van der Waals surface area contributed by atoms with Gasteiger partial charge in [0, 0.05) is 40.8 Å². The van der Waals surface area contributed by atoms with E-state index in [1.54, 1.807) is 26.0 Å². The Balaban J connectivity index is 1.78. The van der Waals surface area contributed by atoms with Crippen LogP contribution in [0.4, 0.5) is 5.69 Å². The van der Waals surface area contributed by atoms with E-state index in [0.717, 1.165) is 27.9 Å². The number of aryl methyl sites for hydroxylation is 1.